The number of nitrogens with zero attached hydrogens (tertiary/aromatic N) is 2. The van der Waals surface area contributed by atoms with E-state index in [2.05, 4.69) is 24.8 Å². The van der Waals surface area contributed by atoms with Crippen LogP contribution in [0.2, 0.25) is 0 Å². The number of anilines is 1. The number of hydrogen-bond donors (Lipinski definition) is 0. The SMILES string of the molecule is CC(C)N(CC1CC1)c1ccc(CCl)cc1C#N. The summed E-state index contributed by atoms with van der Waals surface area (Å²) in [5.41, 5.74) is 2.79. The van der Waals surface area contributed by atoms with Gasteiger partial charge in [-0.15, -0.1) is 11.6 Å². The summed E-state index contributed by atoms with van der Waals surface area (Å²) in [6, 6.07) is 8.68. The lowest BCUT2D eigenvalue weighted by atomic mass is 10.1. The zero-order chi connectivity index (χ0) is 13.1. The molecule has 0 amide bonds. The topological polar surface area (TPSA) is 27.0 Å². The van der Waals surface area contributed by atoms with Gasteiger partial charge >= 0.3 is 0 Å². The zero-order valence-corrected chi connectivity index (χ0v) is 11.7. The predicted octanol–water partition coefficient (Wildman–Crippen LogP) is 3.92. The molecule has 1 fully saturated rings. The molecule has 1 aromatic rings. The molecule has 2 rings (SSSR count). The van der Waals surface area contributed by atoms with Gasteiger partial charge in [0.15, 0.2) is 0 Å². The molecule has 18 heavy (non-hydrogen) atoms. The Morgan fingerprint density at radius 1 is 1.44 bits per heavy atom. The van der Waals surface area contributed by atoms with Gasteiger partial charge in [0.2, 0.25) is 0 Å². The maximum Gasteiger partial charge on any atom is 0.101 e. The second-order valence-corrected chi connectivity index (χ2v) is 5.55. The first-order chi connectivity index (χ1) is 8.65. The highest BCUT2D eigenvalue weighted by Crippen LogP contribution is 2.33. The van der Waals surface area contributed by atoms with Gasteiger partial charge in [0.25, 0.3) is 0 Å². The predicted molar refractivity (Wildman–Crippen MR) is 75.9 cm³/mol. The molecule has 96 valence electrons. The molecule has 1 aromatic carbocycles. The number of rotatable bonds is 5. The molecule has 0 aromatic heterocycles. The van der Waals surface area contributed by atoms with Crippen LogP contribution in [-0.4, -0.2) is 12.6 Å². The quantitative estimate of drug-likeness (QED) is 0.752. The molecule has 0 bridgehead atoms. The van der Waals surface area contributed by atoms with E-state index in [0.29, 0.717) is 11.9 Å². The second-order valence-electron chi connectivity index (χ2n) is 5.29. The lowest BCUT2D eigenvalue weighted by Crippen LogP contribution is -2.33. The Balaban J connectivity index is 2.30. The summed E-state index contributed by atoms with van der Waals surface area (Å²) in [6.07, 6.45) is 2.65. The van der Waals surface area contributed by atoms with Crippen LogP contribution in [0.1, 0.15) is 37.8 Å². The van der Waals surface area contributed by atoms with Crippen LogP contribution in [0.25, 0.3) is 0 Å². The Hall–Kier alpha value is -1.20. The Kier molecular flexibility index (Phi) is 4.14. The summed E-state index contributed by atoms with van der Waals surface area (Å²) in [5.74, 6) is 1.27. The third-order valence-corrected chi connectivity index (χ3v) is 3.73. The van der Waals surface area contributed by atoms with Crippen LogP contribution in [0, 0.1) is 17.2 Å². The molecule has 0 unspecified atom stereocenters. The van der Waals surface area contributed by atoms with Gasteiger partial charge < -0.3 is 4.90 Å². The highest BCUT2D eigenvalue weighted by molar-refractivity contribution is 6.17. The Morgan fingerprint density at radius 2 is 2.17 bits per heavy atom. The van der Waals surface area contributed by atoms with Crippen molar-refractivity contribution in [1.82, 2.24) is 0 Å². The van der Waals surface area contributed by atoms with E-state index in [1.165, 1.54) is 12.8 Å². The van der Waals surface area contributed by atoms with Gasteiger partial charge in [-0.25, -0.2) is 0 Å². The van der Waals surface area contributed by atoms with Crippen LogP contribution in [0.15, 0.2) is 18.2 Å². The van der Waals surface area contributed by atoms with E-state index in [1.54, 1.807) is 0 Å². The summed E-state index contributed by atoms with van der Waals surface area (Å²) >= 11 is 5.82. The highest BCUT2D eigenvalue weighted by Gasteiger charge is 2.26. The molecule has 1 aliphatic rings. The van der Waals surface area contributed by atoms with Crippen LogP contribution in [0.3, 0.4) is 0 Å². The average Bonchev–Trinajstić information content (AvgIpc) is 3.19. The lowest BCUT2D eigenvalue weighted by Gasteiger charge is -2.30. The first kappa shape index (κ1) is 13.2. The summed E-state index contributed by atoms with van der Waals surface area (Å²) in [5, 5.41) is 9.30. The summed E-state index contributed by atoms with van der Waals surface area (Å²) in [6.45, 7) is 5.42. The van der Waals surface area contributed by atoms with E-state index >= 15 is 0 Å². The third kappa shape index (κ3) is 2.97. The summed E-state index contributed by atoms with van der Waals surface area (Å²) < 4.78 is 0. The number of hydrogen-bond acceptors (Lipinski definition) is 2. The van der Waals surface area contributed by atoms with Gasteiger partial charge in [0, 0.05) is 18.5 Å². The first-order valence-corrected chi connectivity index (χ1v) is 7.04. The molecule has 0 atom stereocenters. The monoisotopic (exact) mass is 262 g/mol. The maximum atomic E-state index is 9.30. The van der Waals surface area contributed by atoms with Gasteiger partial charge in [0.1, 0.15) is 6.07 Å². The van der Waals surface area contributed by atoms with Gasteiger partial charge in [-0.2, -0.15) is 5.26 Å². The lowest BCUT2D eigenvalue weighted by molar-refractivity contribution is 0.644. The number of benzene rings is 1. The first-order valence-electron chi connectivity index (χ1n) is 6.51. The van der Waals surface area contributed by atoms with Crippen molar-refractivity contribution < 1.29 is 0 Å². The maximum absolute atomic E-state index is 9.30. The Bertz CT molecular complexity index is 458. The molecule has 0 radical (unpaired) electrons. The molecule has 2 nitrogen and oxygen atoms in total. The highest BCUT2D eigenvalue weighted by atomic mass is 35.5. The molecule has 3 heteroatoms. The van der Waals surface area contributed by atoms with E-state index in [-0.39, 0.29) is 0 Å². The van der Waals surface area contributed by atoms with Crippen molar-refractivity contribution in [2.24, 2.45) is 5.92 Å². The molecule has 0 spiro atoms. The van der Waals surface area contributed by atoms with Gasteiger partial charge in [0.05, 0.1) is 11.3 Å². The minimum absolute atomic E-state index is 0.416. The number of nitriles is 1. The van der Waals surface area contributed by atoms with Crippen molar-refractivity contribution in [2.75, 3.05) is 11.4 Å². The second kappa shape index (κ2) is 5.63. The smallest absolute Gasteiger partial charge is 0.101 e. The largest absolute Gasteiger partial charge is 0.368 e. The Labute approximate surface area is 114 Å². The third-order valence-electron chi connectivity index (χ3n) is 3.42. The fraction of sp³-hybridized carbons (Fsp3) is 0.533. The zero-order valence-electron chi connectivity index (χ0n) is 11.0. The van der Waals surface area contributed by atoms with Gasteiger partial charge in [-0.05, 0) is 50.3 Å². The van der Waals surface area contributed by atoms with Crippen molar-refractivity contribution in [1.29, 1.82) is 5.26 Å². The van der Waals surface area contributed by atoms with Crippen molar-refractivity contribution >= 4 is 17.3 Å². The van der Waals surface area contributed by atoms with Crippen LogP contribution in [-0.2, 0) is 5.88 Å². The average molecular weight is 263 g/mol. The van der Waals surface area contributed by atoms with Crippen LogP contribution >= 0.6 is 11.6 Å². The van der Waals surface area contributed by atoms with E-state index in [4.69, 9.17) is 11.6 Å². The van der Waals surface area contributed by atoms with Crippen molar-refractivity contribution in [3.8, 4) is 6.07 Å². The molecule has 0 aliphatic heterocycles. The van der Waals surface area contributed by atoms with Crippen LogP contribution < -0.4 is 4.90 Å². The molecule has 1 saturated carbocycles. The molecule has 0 saturated heterocycles. The fourth-order valence-corrected chi connectivity index (χ4v) is 2.34. The molecule has 0 N–H and O–H groups in total. The van der Waals surface area contributed by atoms with Crippen molar-refractivity contribution in [2.45, 2.75) is 38.6 Å². The van der Waals surface area contributed by atoms with Crippen molar-refractivity contribution in [3.63, 3.8) is 0 Å². The van der Waals surface area contributed by atoms with Crippen molar-refractivity contribution in [3.05, 3.63) is 29.3 Å². The molecule has 0 heterocycles. The number of alkyl halides is 1. The minimum Gasteiger partial charge on any atom is -0.368 e. The summed E-state index contributed by atoms with van der Waals surface area (Å²) in [7, 11) is 0. The summed E-state index contributed by atoms with van der Waals surface area (Å²) in [4.78, 5) is 2.34. The fourth-order valence-electron chi connectivity index (χ4n) is 2.17. The number of halogens is 1. The Morgan fingerprint density at radius 3 is 2.67 bits per heavy atom. The van der Waals surface area contributed by atoms with Crippen LogP contribution in [0.5, 0.6) is 0 Å². The van der Waals surface area contributed by atoms with E-state index in [0.717, 1.165) is 29.3 Å². The van der Waals surface area contributed by atoms with E-state index < -0.39 is 0 Å². The van der Waals surface area contributed by atoms with E-state index in [9.17, 15) is 5.26 Å². The van der Waals surface area contributed by atoms with Crippen LogP contribution in [0.4, 0.5) is 5.69 Å². The molecular weight excluding hydrogens is 244 g/mol. The standard InChI is InChI=1S/C15H19ClN2/c1-11(2)18(10-12-3-4-12)15-6-5-13(8-16)7-14(15)9-17/h5-7,11-12H,3-4,8,10H2,1-2H3. The van der Waals surface area contributed by atoms with Gasteiger partial charge in [-0.1, -0.05) is 6.07 Å². The molecular formula is C15H19ClN2. The van der Waals surface area contributed by atoms with Gasteiger partial charge in [-0.3, -0.25) is 0 Å². The minimum atomic E-state index is 0.416. The molecule has 1 aliphatic carbocycles. The van der Waals surface area contributed by atoms with E-state index in [1.807, 2.05) is 18.2 Å². The normalized spacial score (nSPS) is 14.6.